The Hall–Kier alpha value is -3.47. The molecule has 1 saturated heterocycles. The van der Waals surface area contributed by atoms with E-state index in [1.54, 1.807) is 23.1 Å². The van der Waals surface area contributed by atoms with Gasteiger partial charge in [0.1, 0.15) is 22.8 Å². The topological polar surface area (TPSA) is 182 Å². The maximum Gasteiger partial charge on any atom is 0.255 e. The van der Waals surface area contributed by atoms with Crippen molar-refractivity contribution in [3.63, 3.8) is 0 Å². The minimum Gasteiger partial charge on any atom is -0.508 e. The minimum atomic E-state index is -2.69. The second-order valence-electron chi connectivity index (χ2n) is 9.20. The summed E-state index contributed by atoms with van der Waals surface area (Å²) < 4.78 is 0. The Morgan fingerprint density at radius 1 is 1.12 bits per heavy atom. The molecule has 0 spiro atoms. The molecule has 2 aromatic rings. The number of aromatic hydroxyl groups is 2. The van der Waals surface area contributed by atoms with Crippen LogP contribution in [0.3, 0.4) is 0 Å². The normalized spacial score (nSPS) is 28.2. The summed E-state index contributed by atoms with van der Waals surface area (Å²) in [6, 6.07) is 4.98. The van der Waals surface area contributed by atoms with Gasteiger partial charge >= 0.3 is 0 Å². The fraction of sp³-hybridized carbons (Fsp3) is 0.375. The molecule has 10 nitrogen and oxygen atoms in total. The first-order chi connectivity index (χ1) is 16.1. The molecule has 3 aliphatic rings. The lowest BCUT2D eigenvalue weighted by atomic mass is 9.61. The molecule has 2 aromatic carbocycles. The third kappa shape index (κ3) is 2.89. The van der Waals surface area contributed by atoms with Crippen molar-refractivity contribution >= 4 is 28.2 Å². The number of ketones is 2. The van der Waals surface area contributed by atoms with Gasteiger partial charge in [-0.2, -0.15) is 0 Å². The van der Waals surface area contributed by atoms with E-state index >= 15 is 0 Å². The monoisotopic (exact) mass is 468 g/mol. The van der Waals surface area contributed by atoms with Gasteiger partial charge in [-0.05, 0) is 36.3 Å². The average molecular weight is 468 g/mol. The number of Topliss-reactive ketones (excluding diaryl/α,β-unsaturated/α-hetero) is 2. The largest absolute Gasteiger partial charge is 0.508 e. The van der Waals surface area contributed by atoms with Gasteiger partial charge < -0.3 is 31.3 Å². The van der Waals surface area contributed by atoms with Crippen LogP contribution >= 0.6 is 0 Å². The lowest BCUT2D eigenvalue weighted by molar-refractivity contribution is -0.135. The van der Waals surface area contributed by atoms with Crippen molar-refractivity contribution in [1.82, 2.24) is 4.90 Å². The number of piperidine rings is 1. The van der Waals surface area contributed by atoms with E-state index in [9.17, 15) is 39.9 Å². The third-order valence-electron chi connectivity index (χ3n) is 7.38. The molecule has 1 fully saturated rings. The molecule has 1 aliphatic heterocycles. The molecule has 0 saturated carbocycles. The number of nitrogens with zero attached hydrogens (tertiary/aromatic N) is 1. The number of primary amides is 1. The van der Waals surface area contributed by atoms with Crippen LogP contribution in [0.25, 0.3) is 10.8 Å². The van der Waals surface area contributed by atoms with Crippen molar-refractivity contribution in [2.24, 2.45) is 11.7 Å². The van der Waals surface area contributed by atoms with Crippen LogP contribution in [0.2, 0.25) is 0 Å². The third-order valence-corrected chi connectivity index (χ3v) is 7.38. The summed E-state index contributed by atoms with van der Waals surface area (Å²) in [7, 11) is 0. The molecule has 0 aromatic heterocycles. The molecule has 34 heavy (non-hydrogen) atoms. The summed E-state index contributed by atoms with van der Waals surface area (Å²) in [5.74, 6) is -6.31. The number of aliphatic hydroxyl groups is 3. The van der Waals surface area contributed by atoms with Crippen LogP contribution in [0.5, 0.6) is 11.5 Å². The Labute approximate surface area is 193 Å². The molecule has 0 bridgehead atoms. The number of amides is 1. The van der Waals surface area contributed by atoms with E-state index in [0.717, 1.165) is 0 Å². The van der Waals surface area contributed by atoms with Gasteiger partial charge in [0.15, 0.2) is 11.4 Å². The van der Waals surface area contributed by atoms with Crippen molar-refractivity contribution in [2.45, 2.75) is 37.0 Å². The number of carbonyl (C=O) groups is 3. The maximum atomic E-state index is 13.7. The summed E-state index contributed by atoms with van der Waals surface area (Å²) >= 11 is 0. The predicted molar refractivity (Wildman–Crippen MR) is 118 cm³/mol. The molecule has 10 heteroatoms. The number of aliphatic hydroxyl groups excluding tert-OH is 2. The van der Waals surface area contributed by atoms with Gasteiger partial charge in [-0.25, -0.2) is 0 Å². The zero-order valence-electron chi connectivity index (χ0n) is 18.1. The van der Waals surface area contributed by atoms with Crippen molar-refractivity contribution in [3.8, 4) is 11.5 Å². The predicted octanol–water partition coefficient (Wildman–Crippen LogP) is 0.0425. The molecule has 1 heterocycles. The Balaban J connectivity index is 1.75. The molecule has 0 unspecified atom stereocenters. The molecule has 0 radical (unpaired) electrons. The zero-order chi connectivity index (χ0) is 24.5. The van der Waals surface area contributed by atoms with Gasteiger partial charge in [-0.3, -0.25) is 19.3 Å². The number of phenolic OH excluding ortho intramolecular Hbond substituents is 2. The first kappa shape index (κ1) is 22.3. The van der Waals surface area contributed by atoms with Crippen LogP contribution in [-0.4, -0.2) is 78.7 Å². The number of phenols is 2. The van der Waals surface area contributed by atoms with E-state index in [2.05, 4.69) is 0 Å². The lowest BCUT2D eigenvalue weighted by Crippen LogP contribution is -2.66. The molecule has 2 aliphatic carbocycles. The molecule has 3 atom stereocenters. The number of carbonyl (C=O) groups excluding carboxylic acids is 3. The van der Waals surface area contributed by atoms with Gasteiger partial charge in [0.25, 0.3) is 5.91 Å². The van der Waals surface area contributed by atoms with Crippen molar-refractivity contribution < 1.29 is 39.9 Å². The number of fused-ring (bicyclic) bond motifs is 3. The van der Waals surface area contributed by atoms with Crippen LogP contribution in [0.4, 0.5) is 0 Å². The summed E-state index contributed by atoms with van der Waals surface area (Å²) in [4.78, 5) is 40.9. The Bertz CT molecular complexity index is 1290. The fourth-order valence-electron chi connectivity index (χ4n) is 5.71. The smallest absolute Gasteiger partial charge is 0.255 e. The number of hydrogen-bond donors (Lipinski definition) is 6. The van der Waals surface area contributed by atoms with E-state index in [-0.39, 0.29) is 36.2 Å². The number of rotatable bonds is 2. The van der Waals surface area contributed by atoms with Crippen molar-refractivity contribution in [1.29, 1.82) is 0 Å². The Morgan fingerprint density at radius 3 is 2.44 bits per heavy atom. The van der Waals surface area contributed by atoms with E-state index in [4.69, 9.17) is 5.73 Å². The van der Waals surface area contributed by atoms with Crippen LogP contribution in [0.15, 0.2) is 35.6 Å². The van der Waals surface area contributed by atoms with E-state index < -0.39 is 58.2 Å². The van der Waals surface area contributed by atoms with Gasteiger partial charge in [0.2, 0.25) is 5.78 Å². The highest BCUT2D eigenvalue weighted by molar-refractivity contribution is 6.25. The van der Waals surface area contributed by atoms with E-state index in [0.29, 0.717) is 23.8 Å². The maximum absolute atomic E-state index is 13.7. The van der Waals surface area contributed by atoms with Crippen molar-refractivity contribution in [2.75, 3.05) is 13.1 Å². The highest BCUT2D eigenvalue weighted by Gasteiger charge is 2.62. The first-order valence-corrected chi connectivity index (χ1v) is 11.0. The van der Waals surface area contributed by atoms with Gasteiger partial charge in [-0.15, -0.1) is 0 Å². The second kappa shape index (κ2) is 7.52. The van der Waals surface area contributed by atoms with E-state index in [1.165, 1.54) is 6.07 Å². The Morgan fingerprint density at radius 2 is 1.79 bits per heavy atom. The van der Waals surface area contributed by atoms with Crippen LogP contribution in [-0.2, 0) is 16.0 Å². The molecule has 5 rings (SSSR count). The molecule has 1 amide bonds. The SMILES string of the molecule is NC(=O)C1=C(O)[C@@]2(O)C(=O)c3c(cc4cccc(O)c4c3O)C[C@H]2[C@@H](N2CCC(O)CC2)C1=O. The number of likely N-dealkylation sites (tertiary alicyclic amines) is 1. The molecular weight excluding hydrogens is 444 g/mol. The summed E-state index contributed by atoms with van der Waals surface area (Å²) in [6.45, 7) is 0.545. The number of nitrogens with two attached hydrogens (primary N) is 1. The van der Waals surface area contributed by atoms with Gasteiger partial charge in [0.05, 0.1) is 23.1 Å². The van der Waals surface area contributed by atoms with Crippen LogP contribution in [0.1, 0.15) is 28.8 Å². The minimum absolute atomic E-state index is 0.00342. The quantitative estimate of drug-likeness (QED) is 0.332. The average Bonchev–Trinajstić information content (AvgIpc) is 2.77. The summed E-state index contributed by atoms with van der Waals surface area (Å²) in [5, 5.41) is 54.1. The molecular formula is C24H24N2O8. The lowest BCUT2D eigenvalue weighted by Gasteiger charge is -2.49. The second-order valence-corrected chi connectivity index (χ2v) is 9.20. The standard InChI is InChI=1S/C24H24N2O8/c25-23(33)17-20(30)18(26-6-4-12(27)5-7-26)13-9-11-8-10-2-1-3-14(28)15(10)19(29)16(11)21(31)24(13,34)22(17)32/h1-3,8,12-13,18,27-29,32,34H,4-7,9H2,(H2,25,33)/t13-,18+,24-/m0/s1. The number of hydrogen-bond acceptors (Lipinski definition) is 9. The highest BCUT2D eigenvalue weighted by atomic mass is 16.3. The fourth-order valence-corrected chi connectivity index (χ4v) is 5.71. The van der Waals surface area contributed by atoms with Gasteiger partial charge in [0, 0.05) is 19.0 Å². The Kier molecular flexibility index (Phi) is 4.94. The van der Waals surface area contributed by atoms with E-state index in [1.807, 2.05) is 0 Å². The highest BCUT2D eigenvalue weighted by Crippen LogP contribution is 2.49. The summed E-state index contributed by atoms with van der Waals surface area (Å²) in [5.41, 5.74) is 1.85. The van der Waals surface area contributed by atoms with Crippen molar-refractivity contribution in [3.05, 3.63) is 46.7 Å². The zero-order valence-corrected chi connectivity index (χ0v) is 18.1. The number of benzene rings is 2. The first-order valence-electron chi connectivity index (χ1n) is 11.0. The van der Waals surface area contributed by atoms with Crippen LogP contribution in [0, 0.1) is 5.92 Å². The van der Waals surface area contributed by atoms with Gasteiger partial charge in [-0.1, -0.05) is 18.2 Å². The summed E-state index contributed by atoms with van der Waals surface area (Å²) in [6.07, 6.45) is 0.0675. The van der Waals surface area contributed by atoms with Crippen LogP contribution < -0.4 is 5.73 Å². The molecule has 178 valence electrons. The molecule has 7 N–H and O–H groups in total.